The van der Waals surface area contributed by atoms with Crippen LogP contribution in [0.5, 0.6) is 0 Å². The van der Waals surface area contributed by atoms with E-state index in [1.165, 1.54) is 12.1 Å². The summed E-state index contributed by atoms with van der Waals surface area (Å²) >= 11 is 0. The highest BCUT2D eigenvalue weighted by Gasteiger charge is 2.43. The van der Waals surface area contributed by atoms with Crippen molar-refractivity contribution in [1.82, 2.24) is 0 Å². The topological polar surface area (TPSA) is 41.6 Å². The van der Waals surface area contributed by atoms with Crippen molar-refractivity contribution in [3.63, 3.8) is 0 Å². The van der Waals surface area contributed by atoms with E-state index in [9.17, 15) is 4.39 Å². The summed E-state index contributed by atoms with van der Waals surface area (Å²) < 4.78 is 13.2. The number of guanidine groups is 1. The quantitative estimate of drug-likeness (QED) is 0.939. The Balaban J connectivity index is 2.11. The molecule has 3 nitrogen and oxygen atoms in total. The number of benzene rings is 2. The average Bonchev–Trinajstić information content (AvgIpc) is 2.87. The van der Waals surface area contributed by atoms with Crippen LogP contribution < -0.4 is 10.6 Å². The normalized spacial score (nSPS) is 21.4. The molecule has 0 radical (unpaired) electrons. The molecule has 0 fully saturated rings. The largest absolute Gasteiger partial charge is 0.369 e. The number of halogens is 1. The van der Waals surface area contributed by atoms with Crippen LogP contribution in [0.3, 0.4) is 0 Å². The Bertz CT molecular complexity index is 651. The van der Waals surface area contributed by atoms with E-state index in [1.54, 1.807) is 0 Å². The average molecular weight is 283 g/mol. The molecule has 1 heterocycles. The Kier molecular flexibility index (Phi) is 3.37. The van der Waals surface area contributed by atoms with Gasteiger partial charge in [0.25, 0.3) is 0 Å². The van der Waals surface area contributed by atoms with E-state index < -0.39 is 0 Å². The van der Waals surface area contributed by atoms with Crippen LogP contribution in [0.25, 0.3) is 0 Å². The van der Waals surface area contributed by atoms with Gasteiger partial charge in [-0.15, -0.1) is 0 Å². The minimum atomic E-state index is -0.348. The molecule has 1 aliphatic rings. The van der Waals surface area contributed by atoms with Gasteiger partial charge in [0, 0.05) is 5.69 Å². The van der Waals surface area contributed by atoms with E-state index in [-0.39, 0.29) is 11.4 Å². The first-order valence-corrected chi connectivity index (χ1v) is 7.08. The van der Waals surface area contributed by atoms with Crippen LogP contribution in [-0.2, 0) is 5.54 Å². The standard InChI is InChI=1S/C17H18FN3/c1-2-17(13-8-10-14(18)11-9-13)12-20-16(19)21(17)15-6-4-3-5-7-15/h3-11H,2,12H2,1H3,(H2,19,20). The molecule has 108 valence electrons. The number of hydrogen-bond donors (Lipinski definition) is 1. The number of hydrogen-bond acceptors (Lipinski definition) is 3. The summed E-state index contributed by atoms with van der Waals surface area (Å²) in [4.78, 5) is 6.50. The van der Waals surface area contributed by atoms with Gasteiger partial charge in [0.1, 0.15) is 5.82 Å². The highest BCUT2D eigenvalue weighted by molar-refractivity contribution is 5.98. The molecule has 0 saturated heterocycles. The van der Waals surface area contributed by atoms with Crippen LogP contribution in [-0.4, -0.2) is 12.5 Å². The Hall–Kier alpha value is -2.36. The van der Waals surface area contributed by atoms with Gasteiger partial charge in [-0.25, -0.2) is 4.39 Å². The summed E-state index contributed by atoms with van der Waals surface area (Å²) in [5, 5.41) is 0. The SMILES string of the molecule is CCC1(c2ccc(F)cc2)CN=C(N)N1c1ccccc1. The highest BCUT2D eigenvalue weighted by Crippen LogP contribution is 2.39. The zero-order valence-electron chi connectivity index (χ0n) is 12.0. The molecule has 1 atom stereocenters. The van der Waals surface area contributed by atoms with Gasteiger partial charge < -0.3 is 10.6 Å². The van der Waals surface area contributed by atoms with Crippen molar-refractivity contribution in [3.8, 4) is 0 Å². The van der Waals surface area contributed by atoms with Crippen LogP contribution in [0.4, 0.5) is 10.1 Å². The molecule has 0 aliphatic carbocycles. The maximum Gasteiger partial charge on any atom is 0.196 e. The first-order chi connectivity index (χ1) is 10.2. The molecule has 3 rings (SSSR count). The second-order valence-corrected chi connectivity index (χ2v) is 5.24. The smallest absolute Gasteiger partial charge is 0.196 e. The summed E-state index contributed by atoms with van der Waals surface area (Å²) in [6, 6.07) is 16.6. The van der Waals surface area contributed by atoms with Crippen LogP contribution >= 0.6 is 0 Å². The van der Waals surface area contributed by atoms with Crippen LogP contribution in [0, 0.1) is 5.82 Å². The lowest BCUT2D eigenvalue weighted by molar-refractivity contribution is 0.460. The number of nitrogens with two attached hydrogens (primary N) is 1. The van der Waals surface area contributed by atoms with Crippen molar-refractivity contribution >= 4 is 11.6 Å². The van der Waals surface area contributed by atoms with Gasteiger partial charge in [0.05, 0.1) is 12.1 Å². The molecule has 0 spiro atoms. The van der Waals surface area contributed by atoms with Gasteiger partial charge in [0.15, 0.2) is 5.96 Å². The monoisotopic (exact) mass is 283 g/mol. The third kappa shape index (κ3) is 2.17. The Morgan fingerprint density at radius 3 is 2.43 bits per heavy atom. The van der Waals surface area contributed by atoms with Crippen molar-refractivity contribution in [2.24, 2.45) is 10.7 Å². The van der Waals surface area contributed by atoms with Crippen molar-refractivity contribution in [2.75, 3.05) is 11.4 Å². The predicted octanol–water partition coefficient (Wildman–Crippen LogP) is 3.27. The van der Waals surface area contributed by atoms with E-state index in [2.05, 4.69) is 16.8 Å². The summed E-state index contributed by atoms with van der Waals surface area (Å²) in [6.07, 6.45) is 0.831. The zero-order valence-corrected chi connectivity index (χ0v) is 12.0. The molecule has 21 heavy (non-hydrogen) atoms. The third-order valence-electron chi connectivity index (χ3n) is 4.14. The molecule has 0 saturated carbocycles. The van der Waals surface area contributed by atoms with Gasteiger partial charge in [-0.1, -0.05) is 37.3 Å². The highest BCUT2D eigenvalue weighted by atomic mass is 19.1. The lowest BCUT2D eigenvalue weighted by Crippen LogP contribution is -2.49. The summed E-state index contributed by atoms with van der Waals surface area (Å²) in [5.41, 5.74) is 7.81. The molecule has 0 bridgehead atoms. The molecule has 1 unspecified atom stereocenters. The van der Waals surface area contributed by atoms with E-state index >= 15 is 0 Å². The maximum absolute atomic E-state index is 13.2. The van der Waals surface area contributed by atoms with E-state index in [0.29, 0.717) is 12.5 Å². The molecule has 4 heteroatoms. The fraction of sp³-hybridized carbons (Fsp3) is 0.235. The number of para-hydroxylation sites is 1. The van der Waals surface area contributed by atoms with Crippen LogP contribution in [0.15, 0.2) is 59.6 Å². The summed E-state index contributed by atoms with van der Waals surface area (Å²) in [6.45, 7) is 2.68. The zero-order chi connectivity index (χ0) is 14.9. The van der Waals surface area contributed by atoms with E-state index in [0.717, 1.165) is 17.7 Å². The fourth-order valence-corrected chi connectivity index (χ4v) is 2.98. The summed E-state index contributed by atoms with van der Waals surface area (Å²) in [7, 11) is 0. The van der Waals surface area contributed by atoms with Crippen molar-refractivity contribution in [1.29, 1.82) is 0 Å². The molecule has 2 aromatic carbocycles. The van der Waals surface area contributed by atoms with Crippen LogP contribution in [0.2, 0.25) is 0 Å². The van der Waals surface area contributed by atoms with E-state index in [4.69, 9.17) is 5.73 Å². The Labute approximate surface area is 123 Å². The maximum atomic E-state index is 13.2. The molecule has 2 N–H and O–H groups in total. The molecule has 2 aromatic rings. The van der Waals surface area contributed by atoms with Gasteiger partial charge >= 0.3 is 0 Å². The van der Waals surface area contributed by atoms with Gasteiger partial charge in [-0.2, -0.15) is 0 Å². The van der Waals surface area contributed by atoms with Gasteiger partial charge in [0.2, 0.25) is 0 Å². The predicted molar refractivity (Wildman–Crippen MR) is 83.8 cm³/mol. The second kappa shape index (κ2) is 5.20. The van der Waals surface area contributed by atoms with Gasteiger partial charge in [-0.05, 0) is 36.2 Å². The van der Waals surface area contributed by atoms with Crippen molar-refractivity contribution < 1.29 is 4.39 Å². The minimum absolute atomic E-state index is 0.233. The third-order valence-corrected chi connectivity index (χ3v) is 4.14. The summed E-state index contributed by atoms with van der Waals surface area (Å²) in [5.74, 6) is 0.274. The minimum Gasteiger partial charge on any atom is -0.369 e. The molecule has 1 aliphatic heterocycles. The van der Waals surface area contributed by atoms with Crippen molar-refractivity contribution in [2.45, 2.75) is 18.9 Å². The molecule has 0 aromatic heterocycles. The first kappa shape index (κ1) is 13.6. The Morgan fingerprint density at radius 2 is 1.81 bits per heavy atom. The number of rotatable bonds is 3. The van der Waals surface area contributed by atoms with Crippen LogP contribution in [0.1, 0.15) is 18.9 Å². The second-order valence-electron chi connectivity index (χ2n) is 5.24. The first-order valence-electron chi connectivity index (χ1n) is 7.08. The number of nitrogens with zero attached hydrogens (tertiary/aromatic N) is 2. The lowest BCUT2D eigenvalue weighted by atomic mass is 9.86. The molecule has 0 amide bonds. The molecular weight excluding hydrogens is 265 g/mol. The fourth-order valence-electron chi connectivity index (χ4n) is 2.98. The van der Waals surface area contributed by atoms with Gasteiger partial charge in [-0.3, -0.25) is 4.99 Å². The number of anilines is 1. The van der Waals surface area contributed by atoms with E-state index in [1.807, 2.05) is 42.5 Å². The molecular formula is C17H18FN3. The van der Waals surface area contributed by atoms with Crippen molar-refractivity contribution in [3.05, 3.63) is 66.0 Å². The number of aliphatic imine (C=N–C) groups is 1. The lowest BCUT2D eigenvalue weighted by Gasteiger charge is -2.39. The Morgan fingerprint density at radius 1 is 1.14 bits per heavy atom.